The minimum atomic E-state index is -1.92. The number of carboxylic acid groups (broad SMARTS) is 1. The lowest BCUT2D eigenvalue weighted by Gasteiger charge is -2.40. The molecule has 6 unspecified atom stereocenters. The molecule has 1 saturated heterocycles. The highest BCUT2D eigenvalue weighted by Crippen LogP contribution is 2.26. The Balaban J connectivity index is 2.74. The van der Waals surface area contributed by atoms with E-state index in [1.807, 2.05) is 0 Å². The zero-order valence-corrected chi connectivity index (χ0v) is 45.3. The molecule has 0 aromatic rings. The lowest BCUT2D eigenvalue weighted by atomic mass is 9.98. The number of hydrogen-bond donors (Lipinski definition) is 3. The van der Waals surface area contributed by atoms with Crippen LogP contribution in [0.2, 0.25) is 0 Å². The third-order valence-electron chi connectivity index (χ3n) is 12.2. The fourth-order valence-electron chi connectivity index (χ4n) is 7.88. The fourth-order valence-corrected chi connectivity index (χ4v) is 7.88. The number of carboxylic acids is 1. The van der Waals surface area contributed by atoms with Gasteiger partial charge in [0, 0.05) is 19.3 Å². The van der Waals surface area contributed by atoms with Gasteiger partial charge in [-0.05, 0) is 96.3 Å². The van der Waals surface area contributed by atoms with E-state index in [0.29, 0.717) is 19.3 Å². The van der Waals surface area contributed by atoms with Crippen molar-refractivity contribution in [2.75, 3.05) is 13.2 Å². The quantitative estimate of drug-likeness (QED) is 0.0228. The third kappa shape index (κ3) is 38.8. The molecule has 0 radical (unpaired) electrons. The Morgan fingerprint density at radius 2 is 0.863 bits per heavy atom. The summed E-state index contributed by atoms with van der Waals surface area (Å²) in [6, 6.07) is 0. The van der Waals surface area contributed by atoms with Gasteiger partial charge >= 0.3 is 23.9 Å². The van der Waals surface area contributed by atoms with Gasteiger partial charge in [-0.1, -0.05) is 195 Å². The number of aliphatic hydroxyl groups excluding tert-OH is 2. The smallest absolute Gasteiger partial charge is 0.335 e. The molecule has 0 aliphatic carbocycles. The first-order valence-corrected chi connectivity index (χ1v) is 28.2. The maximum Gasteiger partial charge on any atom is 0.335 e. The van der Waals surface area contributed by atoms with E-state index < -0.39 is 67.3 Å². The lowest BCUT2D eigenvalue weighted by molar-refractivity contribution is -0.301. The normalized spacial score (nSPS) is 19.1. The van der Waals surface area contributed by atoms with Crippen LogP contribution in [0.25, 0.3) is 0 Å². The van der Waals surface area contributed by atoms with Crippen molar-refractivity contribution in [1.82, 2.24) is 0 Å². The number of aliphatic hydroxyl groups is 2. The minimum absolute atomic E-state index is 0.0248. The SMILES string of the molecule is CC/C=C\C/C=C\C/C=C\C/C=C\CCCCCCC(=O)OC1C(OCC(COC(=O)CCCC/C=C\C/C=C\C/C=C\C/C=C\CC)OC(=O)CCCCCCCCCCCCC)OC(C(=O)O)C(O)C1O. The number of carbonyl (C=O) groups excluding carboxylic acids is 3. The van der Waals surface area contributed by atoms with Crippen LogP contribution in [0.5, 0.6) is 0 Å². The molecule has 12 heteroatoms. The molecule has 1 aliphatic heterocycles. The average Bonchev–Trinajstić information content (AvgIpc) is 3.37. The highest BCUT2D eigenvalue weighted by molar-refractivity contribution is 5.74. The van der Waals surface area contributed by atoms with Crippen LogP contribution in [0.1, 0.15) is 213 Å². The second-order valence-electron chi connectivity index (χ2n) is 18.8. The van der Waals surface area contributed by atoms with Gasteiger partial charge in [0.1, 0.15) is 18.8 Å². The first-order chi connectivity index (χ1) is 35.6. The van der Waals surface area contributed by atoms with Crippen LogP contribution in [0, 0.1) is 0 Å². The van der Waals surface area contributed by atoms with E-state index in [9.17, 15) is 34.5 Å². The van der Waals surface area contributed by atoms with Crippen LogP contribution in [0.15, 0.2) is 97.2 Å². The summed E-state index contributed by atoms with van der Waals surface area (Å²) in [4.78, 5) is 51.0. The van der Waals surface area contributed by atoms with E-state index >= 15 is 0 Å². The van der Waals surface area contributed by atoms with Gasteiger partial charge in [0.25, 0.3) is 0 Å². The number of esters is 3. The molecule has 0 amide bonds. The van der Waals surface area contributed by atoms with Crippen LogP contribution in [0.4, 0.5) is 0 Å². The summed E-state index contributed by atoms with van der Waals surface area (Å²) < 4.78 is 28.3. The highest BCUT2D eigenvalue weighted by atomic mass is 16.7. The first-order valence-electron chi connectivity index (χ1n) is 28.2. The lowest BCUT2D eigenvalue weighted by Crippen LogP contribution is -2.61. The van der Waals surface area contributed by atoms with Crippen molar-refractivity contribution in [2.24, 2.45) is 0 Å². The number of unbranched alkanes of at least 4 members (excludes halogenated alkanes) is 16. The van der Waals surface area contributed by atoms with Gasteiger partial charge in [0.15, 0.2) is 24.6 Å². The summed E-state index contributed by atoms with van der Waals surface area (Å²) in [6.07, 6.45) is 51.0. The van der Waals surface area contributed by atoms with Crippen LogP contribution >= 0.6 is 0 Å². The third-order valence-corrected chi connectivity index (χ3v) is 12.2. The van der Waals surface area contributed by atoms with Gasteiger partial charge in [-0.2, -0.15) is 0 Å². The second kappa shape index (κ2) is 48.6. The molecular formula is C61H98O12. The van der Waals surface area contributed by atoms with Crippen LogP contribution in [-0.4, -0.2) is 89.2 Å². The molecule has 1 heterocycles. The van der Waals surface area contributed by atoms with E-state index in [1.165, 1.54) is 44.9 Å². The molecule has 0 bridgehead atoms. The van der Waals surface area contributed by atoms with Crippen molar-refractivity contribution >= 4 is 23.9 Å². The Kier molecular flexibility index (Phi) is 44.4. The predicted octanol–water partition coefficient (Wildman–Crippen LogP) is 14.1. The second-order valence-corrected chi connectivity index (χ2v) is 18.8. The summed E-state index contributed by atoms with van der Waals surface area (Å²) in [5, 5.41) is 31.4. The average molecular weight is 1020 g/mol. The summed E-state index contributed by atoms with van der Waals surface area (Å²) >= 11 is 0. The maximum absolute atomic E-state index is 13.1. The number of allylic oxidation sites excluding steroid dienone is 16. The number of hydrogen-bond acceptors (Lipinski definition) is 11. The Hall–Kier alpha value is -4.36. The Morgan fingerprint density at radius 3 is 1.34 bits per heavy atom. The number of rotatable bonds is 46. The molecule has 1 rings (SSSR count). The summed E-state index contributed by atoms with van der Waals surface area (Å²) in [7, 11) is 0. The van der Waals surface area contributed by atoms with E-state index in [1.54, 1.807) is 0 Å². The Labute approximate surface area is 441 Å². The van der Waals surface area contributed by atoms with Crippen LogP contribution in [0.3, 0.4) is 0 Å². The zero-order chi connectivity index (χ0) is 53.3. The summed E-state index contributed by atoms with van der Waals surface area (Å²) in [5.74, 6) is -3.21. The molecule has 0 spiro atoms. The van der Waals surface area contributed by atoms with Crippen molar-refractivity contribution in [3.8, 4) is 0 Å². The topological polar surface area (TPSA) is 175 Å². The van der Waals surface area contributed by atoms with E-state index in [4.69, 9.17) is 23.7 Å². The molecular weight excluding hydrogens is 925 g/mol. The zero-order valence-electron chi connectivity index (χ0n) is 45.3. The first kappa shape index (κ1) is 66.7. The van der Waals surface area contributed by atoms with Gasteiger partial charge in [-0.25, -0.2) is 4.79 Å². The van der Waals surface area contributed by atoms with Gasteiger partial charge in [-0.15, -0.1) is 0 Å². The highest BCUT2D eigenvalue weighted by Gasteiger charge is 2.50. The number of aliphatic carboxylic acids is 1. The molecule has 12 nitrogen and oxygen atoms in total. The molecule has 1 aliphatic rings. The maximum atomic E-state index is 13.1. The number of ether oxygens (including phenoxy) is 5. The standard InChI is InChI=1S/C61H98O12/c1-4-7-10-13-16-19-22-24-26-27-29-31-34-37-40-43-46-49-55(64)72-59-57(66)56(65)58(60(67)68)73-61(59)70-51-52(71-54(63)48-45-42-39-36-32-21-18-15-12-9-6-3)50-69-53(62)47-44-41-38-35-33-30-28-25-23-20-17-14-11-8-5-2/h7-8,10-11,16-17,19-20,24-26,28-29,31,33,35,52,56-59,61,65-66H,4-6,9,12-15,18,21-23,27,30,32,34,36-51H2,1-3H3,(H,67,68)/b10-7-,11-8-,19-16-,20-17-,26-24-,28-25-,31-29-,35-33-. The van der Waals surface area contributed by atoms with Crippen molar-refractivity contribution < 1.29 is 58.2 Å². The van der Waals surface area contributed by atoms with Gasteiger partial charge < -0.3 is 39.0 Å². The van der Waals surface area contributed by atoms with Crippen LogP contribution < -0.4 is 0 Å². The molecule has 6 atom stereocenters. The Morgan fingerprint density at radius 1 is 0.466 bits per heavy atom. The number of carbonyl (C=O) groups is 4. The fraction of sp³-hybridized carbons (Fsp3) is 0.672. The predicted molar refractivity (Wildman–Crippen MR) is 294 cm³/mol. The minimum Gasteiger partial charge on any atom is -0.479 e. The molecule has 0 aromatic carbocycles. The molecule has 3 N–H and O–H groups in total. The van der Waals surface area contributed by atoms with Crippen molar-refractivity contribution in [1.29, 1.82) is 0 Å². The summed E-state index contributed by atoms with van der Waals surface area (Å²) in [6.45, 7) is 5.69. The largest absolute Gasteiger partial charge is 0.479 e. The van der Waals surface area contributed by atoms with Gasteiger partial charge in [0.05, 0.1) is 6.61 Å². The van der Waals surface area contributed by atoms with Crippen molar-refractivity contribution in [2.45, 2.75) is 250 Å². The Bertz CT molecular complexity index is 1640. The van der Waals surface area contributed by atoms with Crippen LogP contribution in [-0.2, 0) is 42.9 Å². The molecule has 0 aromatic heterocycles. The van der Waals surface area contributed by atoms with E-state index in [-0.39, 0.29) is 25.9 Å². The van der Waals surface area contributed by atoms with E-state index in [2.05, 4.69) is 118 Å². The molecule has 73 heavy (non-hydrogen) atoms. The van der Waals surface area contributed by atoms with E-state index in [0.717, 1.165) is 109 Å². The molecule has 0 saturated carbocycles. The van der Waals surface area contributed by atoms with Gasteiger partial charge in [-0.3, -0.25) is 14.4 Å². The van der Waals surface area contributed by atoms with Crippen molar-refractivity contribution in [3.63, 3.8) is 0 Å². The van der Waals surface area contributed by atoms with Crippen molar-refractivity contribution in [3.05, 3.63) is 97.2 Å². The monoisotopic (exact) mass is 1020 g/mol. The summed E-state index contributed by atoms with van der Waals surface area (Å²) in [5.41, 5.74) is 0. The molecule has 414 valence electrons. The molecule has 1 fully saturated rings. The van der Waals surface area contributed by atoms with Gasteiger partial charge in [0.2, 0.25) is 0 Å².